The third-order valence-corrected chi connectivity index (χ3v) is 10.1. The molecule has 0 saturated carbocycles. The zero-order valence-corrected chi connectivity index (χ0v) is 28.8. The van der Waals surface area contributed by atoms with Gasteiger partial charge in [-0.25, -0.2) is 15.0 Å². The zero-order valence-electron chi connectivity index (χ0n) is 28.8. The number of rotatable bonds is 6. The predicted molar refractivity (Wildman–Crippen MR) is 219 cm³/mol. The first kappa shape index (κ1) is 30.6. The van der Waals surface area contributed by atoms with Crippen molar-refractivity contribution in [3.63, 3.8) is 0 Å². The minimum absolute atomic E-state index is 0.647. The third-order valence-electron chi connectivity index (χ3n) is 10.1. The molecule has 0 aliphatic carbocycles. The number of hydrogen-bond donors (Lipinski definition) is 0. The molecule has 8 aromatic carbocycles. The van der Waals surface area contributed by atoms with Gasteiger partial charge in [0, 0.05) is 33.2 Å². The second-order valence-corrected chi connectivity index (χ2v) is 13.2. The minimum Gasteiger partial charge on any atom is -0.309 e. The molecule has 0 aliphatic heterocycles. The Labute approximate surface area is 307 Å². The molecule has 0 unspecified atom stereocenters. The zero-order chi connectivity index (χ0) is 35.1. The smallest absolute Gasteiger partial charge is 0.164 e. The van der Waals surface area contributed by atoms with Crippen molar-refractivity contribution in [2.24, 2.45) is 0 Å². The lowest BCUT2D eigenvalue weighted by Crippen LogP contribution is -2.00. The van der Waals surface area contributed by atoms with E-state index in [0.717, 1.165) is 33.5 Å². The summed E-state index contributed by atoms with van der Waals surface area (Å²) in [6.45, 7) is 0. The molecule has 10 aromatic rings. The maximum absolute atomic E-state index is 4.91. The Morgan fingerprint density at radius 2 is 0.755 bits per heavy atom. The Morgan fingerprint density at radius 1 is 0.302 bits per heavy atom. The van der Waals surface area contributed by atoms with Crippen LogP contribution in [0.5, 0.6) is 0 Å². The Balaban J connectivity index is 1.02. The molecule has 0 amide bonds. The molecule has 0 radical (unpaired) electrons. The second-order valence-electron chi connectivity index (χ2n) is 13.2. The highest BCUT2D eigenvalue weighted by molar-refractivity contribution is 6.18. The van der Waals surface area contributed by atoms with Crippen LogP contribution in [0, 0.1) is 0 Å². The van der Waals surface area contributed by atoms with Gasteiger partial charge in [-0.05, 0) is 57.3 Å². The number of benzene rings is 8. The molecule has 53 heavy (non-hydrogen) atoms. The fourth-order valence-corrected chi connectivity index (χ4v) is 7.53. The van der Waals surface area contributed by atoms with Crippen LogP contribution in [-0.4, -0.2) is 19.5 Å². The van der Waals surface area contributed by atoms with Gasteiger partial charge in [0.1, 0.15) is 0 Å². The largest absolute Gasteiger partial charge is 0.309 e. The number of hydrogen-bond acceptors (Lipinski definition) is 3. The number of nitrogens with zero attached hydrogens (tertiary/aromatic N) is 4. The Bertz CT molecular complexity index is 2850. The van der Waals surface area contributed by atoms with Crippen LogP contribution < -0.4 is 0 Å². The van der Waals surface area contributed by atoms with Crippen molar-refractivity contribution in [3.8, 4) is 62.1 Å². The number of aromatic nitrogens is 4. The van der Waals surface area contributed by atoms with Gasteiger partial charge in [0.2, 0.25) is 0 Å². The van der Waals surface area contributed by atoms with Crippen molar-refractivity contribution in [2.45, 2.75) is 0 Å². The lowest BCUT2D eigenvalue weighted by Gasteiger charge is -2.11. The van der Waals surface area contributed by atoms with E-state index in [-0.39, 0.29) is 0 Å². The van der Waals surface area contributed by atoms with E-state index in [1.807, 2.05) is 60.7 Å². The number of para-hydroxylation sites is 1. The van der Waals surface area contributed by atoms with Gasteiger partial charge in [-0.15, -0.1) is 0 Å². The molecule has 4 heteroatoms. The number of fused-ring (bicyclic) bond motifs is 4. The van der Waals surface area contributed by atoms with E-state index >= 15 is 0 Å². The Morgan fingerprint density at radius 3 is 1.42 bits per heavy atom. The molecule has 0 saturated heterocycles. The molecule has 10 rings (SSSR count). The maximum atomic E-state index is 4.91. The van der Waals surface area contributed by atoms with Crippen molar-refractivity contribution < 1.29 is 0 Å². The van der Waals surface area contributed by atoms with Crippen LogP contribution >= 0.6 is 0 Å². The molecule has 0 bridgehead atoms. The molecule has 0 atom stereocenters. The fourth-order valence-electron chi connectivity index (χ4n) is 7.53. The summed E-state index contributed by atoms with van der Waals surface area (Å²) in [5.41, 5.74) is 11.1. The van der Waals surface area contributed by atoms with Crippen molar-refractivity contribution in [1.29, 1.82) is 0 Å². The summed E-state index contributed by atoms with van der Waals surface area (Å²) < 4.78 is 2.39. The lowest BCUT2D eigenvalue weighted by molar-refractivity contribution is 1.07. The van der Waals surface area contributed by atoms with Gasteiger partial charge < -0.3 is 4.57 Å². The summed E-state index contributed by atoms with van der Waals surface area (Å²) in [6.07, 6.45) is 0. The van der Waals surface area contributed by atoms with Gasteiger partial charge in [0.25, 0.3) is 0 Å². The summed E-state index contributed by atoms with van der Waals surface area (Å²) in [7, 11) is 0. The van der Waals surface area contributed by atoms with E-state index in [2.05, 4.69) is 138 Å². The van der Waals surface area contributed by atoms with E-state index in [1.54, 1.807) is 0 Å². The minimum atomic E-state index is 0.647. The summed E-state index contributed by atoms with van der Waals surface area (Å²) >= 11 is 0. The predicted octanol–water partition coefficient (Wildman–Crippen LogP) is 12.5. The normalized spacial score (nSPS) is 11.4. The quantitative estimate of drug-likeness (QED) is 0.176. The molecule has 4 nitrogen and oxygen atoms in total. The van der Waals surface area contributed by atoms with E-state index < -0.39 is 0 Å². The SMILES string of the molecule is c1ccc(-c2nc(-c3ccccc3)nc(-c3ccc(-c4ccc(-n5c6ccccc6c6c(-c7cccc8ccccc78)cccc65)cc4)cc3)n2)cc1. The molecule has 248 valence electrons. The van der Waals surface area contributed by atoms with Crippen molar-refractivity contribution in [3.05, 3.63) is 194 Å². The molecule has 2 heterocycles. The molecular formula is C49H32N4. The highest BCUT2D eigenvalue weighted by Gasteiger charge is 2.17. The fraction of sp³-hybridized carbons (Fsp3) is 0. The van der Waals surface area contributed by atoms with Crippen molar-refractivity contribution in [2.75, 3.05) is 0 Å². The first-order valence-electron chi connectivity index (χ1n) is 17.9. The van der Waals surface area contributed by atoms with E-state index in [9.17, 15) is 0 Å². The molecule has 2 aromatic heterocycles. The molecule has 0 fully saturated rings. The van der Waals surface area contributed by atoms with Crippen LogP contribution in [0.3, 0.4) is 0 Å². The molecule has 0 spiro atoms. The van der Waals surface area contributed by atoms with Gasteiger partial charge in [0.05, 0.1) is 11.0 Å². The Hall–Kier alpha value is -7.17. The Kier molecular flexibility index (Phi) is 7.43. The van der Waals surface area contributed by atoms with Gasteiger partial charge in [-0.3, -0.25) is 0 Å². The summed E-state index contributed by atoms with van der Waals surface area (Å²) in [4.78, 5) is 14.7. The highest BCUT2D eigenvalue weighted by atomic mass is 15.0. The standard InChI is InChI=1S/C49H32N4/c1-3-14-36(15-4-1)47-50-48(37-16-5-2-6-17-37)52-49(51-47)38-27-25-33(26-28-38)34-29-31-39(32-30-34)53-44-23-10-9-20-43(44)46-42(22-12-24-45(46)53)41-21-11-18-35-13-7-8-19-40(35)41/h1-32H. The third kappa shape index (κ3) is 5.45. The average Bonchev–Trinajstić information content (AvgIpc) is 3.59. The molecule has 0 N–H and O–H groups in total. The van der Waals surface area contributed by atoms with Crippen LogP contribution in [0.1, 0.15) is 0 Å². The highest BCUT2D eigenvalue weighted by Crippen LogP contribution is 2.41. The van der Waals surface area contributed by atoms with Gasteiger partial charge in [-0.1, -0.05) is 170 Å². The molecular weight excluding hydrogens is 645 g/mol. The first-order chi connectivity index (χ1) is 26.3. The van der Waals surface area contributed by atoms with Crippen LogP contribution in [0.15, 0.2) is 194 Å². The second kappa shape index (κ2) is 12.9. The summed E-state index contributed by atoms with van der Waals surface area (Å²) in [5, 5.41) is 5.02. The van der Waals surface area contributed by atoms with Crippen LogP contribution in [0.4, 0.5) is 0 Å². The van der Waals surface area contributed by atoms with Crippen LogP contribution in [-0.2, 0) is 0 Å². The van der Waals surface area contributed by atoms with Crippen molar-refractivity contribution >= 4 is 32.6 Å². The summed E-state index contributed by atoms with van der Waals surface area (Å²) in [5.74, 6) is 1.96. The first-order valence-corrected chi connectivity index (χ1v) is 17.9. The topological polar surface area (TPSA) is 43.6 Å². The van der Waals surface area contributed by atoms with Gasteiger partial charge in [0.15, 0.2) is 17.5 Å². The van der Waals surface area contributed by atoms with E-state index in [4.69, 9.17) is 15.0 Å². The van der Waals surface area contributed by atoms with E-state index in [1.165, 1.54) is 43.7 Å². The average molecular weight is 677 g/mol. The maximum Gasteiger partial charge on any atom is 0.164 e. The summed E-state index contributed by atoms with van der Waals surface area (Å²) in [6, 6.07) is 68.2. The van der Waals surface area contributed by atoms with Gasteiger partial charge >= 0.3 is 0 Å². The van der Waals surface area contributed by atoms with Crippen molar-refractivity contribution in [1.82, 2.24) is 19.5 Å². The molecule has 0 aliphatic rings. The van der Waals surface area contributed by atoms with Crippen LogP contribution in [0.25, 0.3) is 94.7 Å². The van der Waals surface area contributed by atoms with Crippen LogP contribution in [0.2, 0.25) is 0 Å². The monoisotopic (exact) mass is 676 g/mol. The van der Waals surface area contributed by atoms with E-state index in [0.29, 0.717) is 17.5 Å². The van der Waals surface area contributed by atoms with Gasteiger partial charge in [-0.2, -0.15) is 0 Å². The lowest BCUT2D eigenvalue weighted by atomic mass is 9.95.